The van der Waals surface area contributed by atoms with Crippen molar-refractivity contribution < 1.29 is 18.3 Å². The molecule has 0 amide bonds. The minimum atomic E-state index is -2.99. The third kappa shape index (κ3) is 4.92. The van der Waals surface area contributed by atoms with Gasteiger partial charge in [-0.15, -0.1) is 0 Å². The van der Waals surface area contributed by atoms with Crippen LogP contribution in [0.3, 0.4) is 0 Å². The SMILES string of the molecule is Cc1cc(Nc2ncnc3cccc(O[C@@H]4C[C@@H](C)N(C)CC4(F)F)c23)ccc1Oc1ccn2ncnc2c1. The fourth-order valence-corrected chi connectivity index (χ4v) is 4.78. The molecule has 5 aromatic rings. The van der Waals surface area contributed by atoms with Crippen LogP contribution in [0, 0.1) is 6.92 Å². The van der Waals surface area contributed by atoms with Crippen molar-refractivity contribution in [2.75, 3.05) is 18.9 Å². The van der Waals surface area contributed by atoms with E-state index >= 15 is 0 Å². The van der Waals surface area contributed by atoms with Crippen molar-refractivity contribution >= 4 is 28.1 Å². The van der Waals surface area contributed by atoms with Crippen LogP contribution in [0.5, 0.6) is 17.2 Å². The second-order valence-corrected chi connectivity index (χ2v) is 9.87. The predicted molar refractivity (Wildman–Crippen MR) is 143 cm³/mol. The summed E-state index contributed by atoms with van der Waals surface area (Å²) in [6.45, 7) is 3.51. The summed E-state index contributed by atoms with van der Waals surface area (Å²) in [6, 6.07) is 14.5. The normalized spacial score (nSPS) is 19.3. The van der Waals surface area contributed by atoms with Crippen molar-refractivity contribution in [3.8, 4) is 17.2 Å². The first-order chi connectivity index (χ1) is 18.8. The van der Waals surface area contributed by atoms with Gasteiger partial charge in [-0.05, 0) is 62.9 Å². The average Bonchev–Trinajstić information content (AvgIpc) is 3.37. The molecule has 200 valence electrons. The number of alkyl halides is 2. The standard InChI is InChI=1S/C28H27F2N7O2/c1-17-11-19(7-8-22(17)38-20-9-10-37-25(13-20)32-16-34-37)35-27-26-21(31-15-33-27)5-4-6-23(26)39-24-12-18(2)36(3)14-28(24,29)30/h4-11,13,15-16,18,24H,12,14H2,1-3H3,(H,31,33,35)/t18-,24-/m1/s1. The summed E-state index contributed by atoms with van der Waals surface area (Å²) in [5.74, 6) is -0.886. The zero-order chi connectivity index (χ0) is 27.1. The van der Waals surface area contributed by atoms with Gasteiger partial charge < -0.3 is 14.8 Å². The number of anilines is 2. The Bertz CT molecular complexity index is 1650. The number of pyridine rings is 1. The first kappa shape index (κ1) is 24.9. The van der Waals surface area contributed by atoms with Crippen LogP contribution >= 0.6 is 0 Å². The predicted octanol–water partition coefficient (Wildman–Crippen LogP) is 5.62. The fraction of sp³-hybridized carbons (Fsp3) is 0.286. The zero-order valence-electron chi connectivity index (χ0n) is 21.7. The molecule has 0 bridgehead atoms. The number of nitrogens with zero attached hydrogens (tertiary/aromatic N) is 6. The summed E-state index contributed by atoms with van der Waals surface area (Å²) in [4.78, 5) is 14.6. The van der Waals surface area contributed by atoms with Crippen molar-refractivity contribution in [1.29, 1.82) is 0 Å². The molecule has 2 aromatic carbocycles. The van der Waals surface area contributed by atoms with E-state index in [4.69, 9.17) is 9.47 Å². The number of hydrogen-bond acceptors (Lipinski definition) is 8. The molecule has 0 saturated carbocycles. The van der Waals surface area contributed by atoms with Gasteiger partial charge in [0.15, 0.2) is 11.8 Å². The molecular formula is C28H27F2N7O2. The van der Waals surface area contributed by atoms with E-state index in [9.17, 15) is 8.78 Å². The summed E-state index contributed by atoms with van der Waals surface area (Å²) in [7, 11) is 1.70. The van der Waals surface area contributed by atoms with Crippen LogP contribution in [0.2, 0.25) is 0 Å². The summed E-state index contributed by atoms with van der Waals surface area (Å²) in [6.07, 6.45) is 3.66. The molecule has 39 heavy (non-hydrogen) atoms. The maximum atomic E-state index is 14.9. The summed E-state index contributed by atoms with van der Waals surface area (Å²) in [5.41, 5.74) is 2.91. The van der Waals surface area contributed by atoms with Crippen LogP contribution in [0.15, 0.2) is 67.4 Å². The molecule has 6 rings (SSSR count). The molecule has 3 aromatic heterocycles. The van der Waals surface area contributed by atoms with Crippen molar-refractivity contribution in [2.45, 2.75) is 38.3 Å². The van der Waals surface area contributed by atoms with Gasteiger partial charge in [-0.25, -0.2) is 28.2 Å². The Labute approximate surface area is 223 Å². The summed E-state index contributed by atoms with van der Waals surface area (Å²) < 4.78 is 43.5. The Morgan fingerprint density at radius 1 is 1.03 bits per heavy atom. The maximum Gasteiger partial charge on any atom is 0.296 e. The number of aromatic nitrogens is 5. The number of benzene rings is 2. The lowest BCUT2D eigenvalue weighted by Gasteiger charge is -2.40. The fourth-order valence-electron chi connectivity index (χ4n) is 4.78. The molecule has 2 atom stereocenters. The van der Waals surface area contributed by atoms with Crippen molar-refractivity contribution in [3.63, 3.8) is 0 Å². The molecule has 0 spiro atoms. The van der Waals surface area contributed by atoms with E-state index in [0.29, 0.717) is 39.6 Å². The molecule has 0 radical (unpaired) electrons. The Hall–Kier alpha value is -4.38. The first-order valence-corrected chi connectivity index (χ1v) is 12.6. The number of ether oxygens (including phenoxy) is 2. The van der Waals surface area contributed by atoms with Crippen molar-refractivity contribution in [3.05, 3.63) is 72.9 Å². The molecule has 1 saturated heterocycles. The molecule has 1 N–H and O–H groups in total. The van der Waals surface area contributed by atoms with Gasteiger partial charge in [0.25, 0.3) is 5.92 Å². The molecule has 0 unspecified atom stereocenters. The van der Waals surface area contributed by atoms with Crippen LogP contribution in [-0.4, -0.2) is 61.1 Å². The quantitative estimate of drug-likeness (QED) is 0.302. The highest BCUT2D eigenvalue weighted by Crippen LogP contribution is 2.38. The minimum absolute atomic E-state index is 0.0274. The molecule has 4 heterocycles. The van der Waals surface area contributed by atoms with Crippen molar-refractivity contribution in [1.82, 2.24) is 29.5 Å². The van der Waals surface area contributed by atoms with E-state index in [0.717, 1.165) is 11.3 Å². The summed E-state index contributed by atoms with van der Waals surface area (Å²) in [5, 5.41) is 7.95. The molecule has 1 aliphatic rings. The Morgan fingerprint density at radius 3 is 2.74 bits per heavy atom. The molecule has 1 fully saturated rings. The van der Waals surface area contributed by atoms with Gasteiger partial charge in [-0.2, -0.15) is 5.10 Å². The lowest BCUT2D eigenvalue weighted by atomic mass is 9.97. The number of halogens is 2. The molecular weight excluding hydrogens is 504 g/mol. The van der Waals surface area contributed by atoms with Gasteiger partial charge in [0.1, 0.15) is 35.7 Å². The average molecular weight is 532 g/mol. The molecule has 11 heteroatoms. The van der Waals surface area contributed by atoms with Crippen LogP contribution in [0.1, 0.15) is 18.9 Å². The highest BCUT2D eigenvalue weighted by Gasteiger charge is 2.48. The summed E-state index contributed by atoms with van der Waals surface area (Å²) >= 11 is 0. The highest BCUT2D eigenvalue weighted by atomic mass is 19.3. The van der Waals surface area contributed by atoms with Gasteiger partial charge >= 0.3 is 0 Å². The van der Waals surface area contributed by atoms with Gasteiger partial charge in [0.05, 0.1) is 17.4 Å². The third-order valence-electron chi connectivity index (χ3n) is 7.05. The smallest absolute Gasteiger partial charge is 0.296 e. The highest BCUT2D eigenvalue weighted by molar-refractivity contribution is 5.95. The lowest BCUT2D eigenvalue weighted by Crippen LogP contribution is -2.55. The third-order valence-corrected chi connectivity index (χ3v) is 7.05. The number of likely N-dealkylation sites (tertiary alicyclic amines) is 1. The van der Waals surface area contributed by atoms with E-state index in [1.807, 2.05) is 44.2 Å². The molecule has 9 nitrogen and oxygen atoms in total. The minimum Gasteiger partial charge on any atom is -0.483 e. The monoisotopic (exact) mass is 531 g/mol. The number of fused-ring (bicyclic) bond motifs is 2. The first-order valence-electron chi connectivity index (χ1n) is 12.6. The van der Waals surface area contributed by atoms with E-state index in [1.54, 1.807) is 40.9 Å². The number of rotatable bonds is 6. The maximum absolute atomic E-state index is 14.9. The van der Waals surface area contributed by atoms with Gasteiger partial charge in [0.2, 0.25) is 0 Å². The van der Waals surface area contributed by atoms with Crippen LogP contribution < -0.4 is 14.8 Å². The van der Waals surface area contributed by atoms with Crippen LogP contribution in [0.4, 0.5) is 20.3 Å². The van der Waals surface area contributed by atoms with E-state index < -0.39 is 12.0 Å². The van der Waals surface area contributed by atoms with Gasteiger partial charge in [0, 0.05) is 30.4 Å². The van der Waals surface area contributed by atoms with Crippen LogP contribution in [-0.2, 0) is 0 Å². The van der Waals surface area contributed by atoms with E-state index in [1.165, 1.54) is 12.7 Å². The Balaban J connectivity index is 1.27. The molecule has 0 aliphatic carbocycles. The van der Waals surface area contributed by atoms with E-state index in [-0.39, 0.29) is 19.0 Å². The second kappa shape index (κ2) is 9.73. The zero-order valence-corrected chi connectivity index (χ0v) is 21.7. The van der Waals surface area contributed by atoms with E-state index in [2.05, 4.69) is 25.4 Å². The Kier molecular flexibility index (Phi) is 6.22. The topological polar surface area (TPSA) is 89.7 Å². The second-order valence-electron chi connectivity index (χ2n) is 9.87. The lowest BCUT2D eigenvalue weighted by molar-refractivity contribution is -0.146. The van der Waals surface area contributed by atoms with Gasteiger partial charge in [-0.3, -0.25) is 4.90 Å². The van der Waals surface area contributed by atoms with Crippen molar-refractivity contribution in [2.24, 2.45) is 0 Å². The molecule has 1 aliphatic heterocycles. The number of nitrogens with one attached hydrogen (secondary N) is 1. The Morgan fingerprint density at radius 2 is 1.90 bits per heavy atom. The number of piperidine rings is 1. The van der Waals surface area contributed by atoms with Crippen LogP contribution in [0.25, 0.3) is 16.6 Å². The number of hydrogen-bond donors (Lipinski definition) is 1. The largest absolute Gasteiger partial charge is 0.483 e. The van der Waals surface area contributed by atoms with Gasteiger partial charge in [-0.1, -0.05) is 6.07 Å². The number of aryl methyl sites for hydroxylation is 1.